The highest BCUT2D eigenvalue weighted by Gasteiger charge is 2.64. The third kappa shape index (κ3) is 1.75. The van der Waals surface area contributed by atoms with Crippen LogP contribution in [0.4, 0.5) is 0 Å². The molecule has 0 bridgehead atoms. The molecular weight excluding hydrogens is 270 g/mol. The first kappa shape index (κ1) is 14.3. The van der Waals surface area contributed by atoms with E-state index in [4.69, 9.17) is 4.74 Å². The Morgan fingerprint density at radius 1 is 0.864 bits per heavy atom. The third-order valence-corrected chi connectivity index (χ3v) is 9.03. The summed E-state index contributed by atoms with van der Waals surface area (Å²) in [6.45, 7) is 4.51. The van der Waals surface area contributed by atoms with E-state index < -0.39 is 0 Å². The lowest BCUT2D eigenvalue weighted by Gasteiger charge is -2.57. The summed E-state index contributed by atoms with van der Waals surface area (Å²) in [4.78, 5) is 0. The van der Waals surface area contributed by atoms with E-state index in [0.717, 1.165) is 42.9 Å². The molecule has 0 amide bonds. The molecule has 1 heterocycles. The fourth-order valence-corrected chi connectivity index (χ4v) is 7.94. The molecule has 0 aromatic carbocycles. The lowest BCUT2D eigenvalue weighted by Crippen LogP contribution is -2.54. The summed E-state index contributed by atoms with van der Waals surface area (Å²) >= 11 is 0. The van der Waals surface area contributed by atoms with Crippen LogP contribution >= 0.6 is 0 Å². The van der Waals surface area contributed by atoms with Gasteiger partial charge in [-0.25, -0.2) is 0 Å². The molecule has 2 heteroatoms. The van der Waals surface area contributed by atoms with Crippen LogP contribution in [0.25, 0.3) is 0 Å². The average molecular weight is 303 g/mol. The van der Waals surface area contributed by atoms with Crippen molar-refractivity contribution in [1.82, 2.24) is 5.32 Å². The molecule has 0 aromatic heterocycles. The van der Waals surface area contributed by atoms with Gasteiger partial charge in [-0.1, -0.05) is 26.2 Å². The number of fused-ring (bicyclic) bond motifs is 6. The van der Waals surface area contributed by atoms with Crippen LogP contribution in [0.5, 0.6) is 0 Å². The Bertz CT molecular complexity index is 443. The Labute approximate surface area is 135 Å². The minimum atomic E-state index is 0.187. The van der Waals surface area contributed by atoms with Crippen molar-refractivity contribution in [2.75, 3.05) is 13.3 Å². The zero-order valence-corrected chi connectivity index (χ0v) is 14.3. The Balaban J connectivity index is 1.44. The van der Waals surface area contributed by atoms with Gasteiger partial charge in [0.05, 0.1) is 12.3 Å². The molecular formula is C20H33NO. The van der Waals surface area contributed by atoms with E-state index in [-0.39, 0.29) is 5.60 Å². The van der Waals surface area contributed by atoms with Crippen LogP contribution in [-0.2, 0) is 4.74 Å². The molecule has 1 N–H and O–H groups in total. The molecule has 2 nitrogen and oxygen atoms in total. The second-order valence-electron chi connectivity index (χ2n) is 9.42. The second-order valence-corrected chi connectivity index (χ2v) is 9.42. The normalized spacial score (nSPS) is 57.4. The summed E-state index contributed by atoms with van der Waals surface area (Å²) in [5.41, 5.74) is 0.644. The van der Waals surface area contributed by atoms with Crippen LogP contribution in [0.15, 0.2) is 0 Å². The molecule has 0 radical (unpaired) electrons. The molecule has 2 unspecified atom stereocenters. The van der Waals surface area contributed by atoms with E-state index in [1.807, 2.05) is 0 Å². The van der Waals surface area contributed by atoms with Crippen molar-refractivity contribution in [2.45, 2.75) is 76.7 Å². The number of hydrogen-bond acceptors (Lipinski definition) is 2. The van der Waals surface area contributed by atoms with Crippen molar-refractivity contribution in [3.63, 3.8) is 0 Å². The highest BCUT2D eigenvalue weighted by molar-refractivity contribution is 5.14. The van der Waals surface area contributed by atoms with Gasteiger partial charge in [-0.05, 0) is 74.5 Å². The Morgan fingerprint density at radius 2 is 1.77 bits per heavy atom. The maximum Gasteiger partial charge on any atom is 0.0974 e. The monoisotopic (exact) mass is 303 g/mol. The fourth-order valence-electron chi connectivity index (χ4n) is 7.94. The zero-order chi connectivity index (χ0) is 14.8. The maximum absolute atomic E-state index is 6.35. The molecule has 7 atom stereocenters. The minimum absolute atomic E-state index is 0.187. The molecule has 1 saturated heterocycles. The van der Waals surface area contributed by atoms with Crippen LogP contribution in [-0.4, -0.2) is 18.9 Å². The first-order valence-corrected chi connectivity index (χ1v) is 10.1. The number of ether oxygens (including phenoxy) is 1. The van der Waals surface area contributed by atoms with Crippen molar-refractivity contribution in [2.24, 2.45) is 35.0 Å². The average Bonchev–Trinajstić information content (AvgIpc) is 3.14. The highest BCUT2D eigenvalue weighted by Crippen LogP contribution is 2.66. The minimum Gasteiger partial charge on any atom is -0.358 e. The number of rotatable bonds is 0. The van der Waals surface area contributed by atoms with Gasteiger partial charge in [-0.3, -0.25) is 5.32 Å². The largest absolute Gasteiger partial charge is 0.358 e. The van der Waals surface area contributed by atoms with E-state index in [9.17, 15) is 0 Å². The van der Waals surface area contributed by atoms with E-state index in [0.29, 0.717) is 5.41 Å². The molecule has 5 fully saturated rings. The van der Waals surface area contributed by atoms with Crippen LogP contribution in [0, 0.1) is 35.0 Å². The van der Waals surface area contributed by atoms with Gasteiger partial charge in [-0.2, -0.15) is 0 Å². The van der Waals surface area contributed by atoms with E-state index in [1.54, 1.807) is 19.3 Å². The molecule has 124 valence electrons. The predicted molar refractivity (Wildman–Crippen MR) is 88.4 cm³/mol. The van der Waals surface area contributed by atoms with Gasteiger partial charge in [0.25, 0.3) is 0 Å². The van der Waals surface area contributed by atoms with Gasteiger partial charge < -0.3 is 4.74 Å². The van der Waals surface area contributed by atoms with Crippen molar-refractivity contribution >= 4 is 0 Å². The summed E-state index contributed by atoms with van der Waals surface area (Å²) in [6.07, 6.45) is 14.9. The van der Waals surface area contributed by atoms with Gasteiger partial charge in [0.2, 0.25) is 0 Å². The van der Waals surface area contributed by atoms with Gasteiger partial charge in [-0.15, -0.1) is 0 Å². The van der Waals surface area contributed by atoms with E-state index in [2.05, 4.69) is 12.2 Å². The molecule has 1 spiro atoms. The molecule has 4 saturated carbocycles. The summed E-state index contributed by atoms with van der Waals surface area (Å²) in [5.74, 6) is 5.24. The second kappa shape index (κ2) is 4.96. The van der Waals surface area contributed by atoms with Crippen LogP contribution in [0.1, 0.15) is 71.1 Å². The van der Waals surface area contributed by atoms with Gasteiger partial charge in [0.15, 0.2) is 0 Å². The number of nitrogens with one attached hydrogen (secondary N) is 1. The molecule has 1 aliphatic heterocycles. The van der Waals surface area contributed by atoms with Crippen molar-refractivity contribution in [1.29, 1.82) is 0 Å². The van der Waals surface area contributed by atoms with Crippen molar-refractivity contribution in [3.05, 3.63) is 0 Å². The first-order chi connectivity index (χ1) is 10.7. The predicted octanol–water partition coefficient (Wildman–Crippen LogP) is 4.35. The van der Waals surface area contributed by atoms with Crippen LogP contribution in [0.3, 0.4) is 0 Å². The Morgan fingerprint density at radius 3 is 2.64 bits per heavy atom. The van der Waals surface area contributed by atoms with Crippen molar-refractivity contribution < 1.29 is 4.74 Å². The topological polar surface area (TPSA) is 21.3 Å². The Kier molecular flexibility index (Phi) is 3.22. The van der Waals surface area contributed by atoms with Crippen LogP contribution < -0.4 is 5.32 Å². The van der Waals surface area contributed by atoms with Crippen LogP contribution in [0.2, 0.25) is 0 Å². The third-order valence-electron chi connectivity index (χ3n) is 9.03. The standard InChI is InChI=1S/C20H33NO/c1-19-10-8-16-15-5-3-2-4-14(15)6-7-17(16)18(19)9-11-20(19)12-21-13-22-20/h14-18,21H,2-13H2,1H3/t14?,15-,16+,17+,18-,19-,20?/m0/s1. The summed E-state index contributed by atoms with van der Waals surface area (Å²) in [6, 6.07) is 0. The highest BCUT2D eigenvalue weighted by atomic mass is 16.5. The SMILES string of the molecule is C[C@]12CC[C@H]3[C@@H](CCC4CCCC[C@@H]43)[C@@H]1CCC21CNCO1. The Hall–Kier alpha value is -0.0800. The summed E-state index contributed by atoms with van der Waals surface area (Å²) in [7, 11) is 0. The summed E-state index contributed by atoms with van der Waals surface area (Å²) in [5, 5.41) is 3.51. The molecule has 5 aliphatic rings. The fraction of sp³-hybridized carbons (Fsp3) is 1.00. The maximum atomic E-state index is 6.35. The van der Waals surface area contributed by atoms with Gasteiger partial charge in [0.1, 0.15) is 0 Å². The zero-order valence-electron chi connectivity index (χ0n) is 14.3. The lowest BCUT2D eigenvalue weighted by atomic mass is 9.49. The molecule has 5 rings (SSSR count). The molecule has 4 aliphatic carbocycles. The van der Waals surface area contributed by atoms with E-state index >= 15 is 0 Å². The summed E-state index contributed by atoms with van der Waals surface area (Å²) < 4.78 is 6.35. The first-order valence-electron chi connectivity index (χ1n) is 10.1. The van der Waals surface area contributed by atoms with Gasteiger partial charge >= 0.3 is 0 Å². The number of hydrogen-bond donors (Lipinski definition) is 1. The quantitative estimate of drug-likeness (QED) is 0.718. The van der Waals surface area contributed by atoms with E-state index in [1.165, 1.54) is 44.9 Å². The van der Waals surface area contributed by atoms with Crippen molar-refractivity contribution in [3.8, 4) is 0 Å². The molecule has 0 aromatic rings. The smallest absolute Gasteiger partial charge is 0.0974 e. The lowest BCUT2D eigenvalue weighted by molar-refractivity contribution is -0.132. The molecule has 22 heavy (non-hydrogen) atoms. The van der Waals surface area contributed by atoms with Gasteiger partial charge in [0, 0.05) is 12.0 Å².